The highest BCUT2D eigenvalue weighted by Crippen LogP contribution is 2.33. The molecule has 0 unspecified atom stereocenters. The highest BCUT2D eigenvalue weighted by Gasteiger charge is 2.31. The Kier molecular flexibility index (Phi) is 4.88. The summed E-state index contributed by atoms with van der Waals surface area (Å²) in [5.74, 6) is 1.38. The average molecular weight is 374 g/mol. The standard InChI is InChI=1S/C18H22N4O3S/c1-20-5-7-21(8-6-20)11-22-17(23)14(19-18(22)26-2)9-13-3-4-15-16(10-13)25-12-24-15/h3-4,9-10H,5-8,11-12H2,1-2H3/b14-9+. The van der Waals surface area contributed by atoms with Crippen LogP contribution in [-0.4, -0.2) is 78.7 Å². The van der Waals surface area contributed by atoms with Crippen LogP contribution in [0.1, 0.15) is 5.56 Å². The molecule has 0 spiro atoms. The lowest BCUT2D eigenvalue weighted by molar-refractivity contribution is -0.124. The van der Waals surface area contributed by atoms with Gasteiger partial charge >= 0.3 is 0 Å². The molecule has 1 aromatic rings. The predicted octanol–water partition coefficient (Wildman–Crippen LogP) is 1.52. The molecule has 3 aliphatic rings. The summed E-state index contributed by atoms with van der Waals surface area (Å²) < 4.78 is 10.7. The van der Waals surface area contributed by atoms with Crippen molar-refractivity contribution in [3.05, 3.63) is 29.5 Å². The number of carbonyl (C=O) groups is 1. The van der Waals surface area contributed by atoms with Crippen LogP contribution in [0, 0.1) is 0 Å². The number of rotatable bonds is 3. The molecule has 0 aliphatic carbocycles. The molecule has 4 rings (SSSR count). The van der Waals surface area contributed by atoms with Gasteiger partial charge in [-0.15, -0.1) is 0 Å². The van der Waals surface area contributed by atoms with Crippen LogP contribution in [-0.2, 0) is 4.79 Å². The van der Waals surface area contributed by atoms with Gasteiger partial charge in [-0.05, 0) is 37.1 Å². The molecule has 3 aliphatic heterocycles. The van der Waals surface area contributed by atoms with Crippen LogP contribution in [0.5, 0.6) is 11.5 Å². The van der Waals surface area contributed by atoms with Gasteiger partial charge < -0.3 is 14.4 Å². The Balaban J connectivity index is 1.51. The molecule has 0 atom stereocenters. The Morgan fingerprint density at radius 2 is 1.96 bits per heavy atom. The van der Waals surface area contributed by atoms with E-state index in [1.54, 1.807) is 4.90 Å². The monoisotopic (exact) mass is 374 g/mol. The zero-order valence-electron chi connectivity index (χ0n) is 15.0. The zero-order chi connectivity index (χ0) is 18.1. The Bertz CT molecular complexity index is 772. The number of piperazine rings is 1. The molecule has 7 nitrogen and oxygen atoms in total. The number of hydrogen-bond donors (Lipinski definition) is 0. The van der Waals surface area contributed by atoms with Gasteiger partial charge in [0.25, 0.3) is 5.91 Å². The van der Waals surface area contributed by atoms with Crippen LogP contribution in [0.25, 0.3) is 6.08 Å². The van der Waals surface area contributed by atoms with Crippen LogP contribution in [0.3, 0.4) is 0 Å². The third kappa shape index (κ3) is 3.44. The van der Waals surface area contributed by atoms with Crippen LogP contribution in [0.2, 0.25) is 0 Å². The number of carbonyl (C=O) groups excluding carboxylic acids is 1. The molecule has 1 fully saturated rings. The van der Waals surface area contributed by atoms with Gasteiger partial charge in [0.15, 0.2) is 16.7 Å². The molecule has 1 saturated heterocycles. The van der Waals surface area contributed by atoms with E-state index >= 15 is 0 Å². The lowest BCUT2D eigenvalue weighted by Crippen LogP contribution is -2.50. The van der Waals surface area contributed by atoms with Gasteiger partial charge in [0.1, 0.15) is 5.70 Å². The summed E-state index contributed by atoms with van der Waals surface area (Å²) in [6.07, 6.45) is 3.76. The molecule has 0 saturated carbocycles. The topological polar surface area (TPSA) is 57.6 Å². The SMILES string of the molecule is CSC1=N/C(=C/c2ccc3c(c2)OCO3)C(=O)N1CN1CCN(C)CC1. The van der Waals surface area contributed by atoms with Crippen molar-refractivity contribution >= 4 is 28.9 Å². The Morgan fingerprint density at radius 1 is 1.19 bits per heavy atom. The number of likely N-dealkylation sites (N-methyl/N-ethyl adjacent to an activating group) is 1. The highest BCUT2D eigenvalue weighted by molar-refractivity contribution is 8.13. The molecule has 138 valence electrons. The third-order valence-corrected chi connectivity index (χ3v) is 5.41. The van der Waals surface area contributed by atoms with Crippen molar-refractivity contribution in [2.24, 2.45) is 4.99 Å². The minimum absolute atomic E-state index is 0.0501. The van der Waals surface area contributed by atoms with Gasteiger partial charge in [-0.2, -0.15) is 0 Å². The van der Waals surface area contributed by atoms with E-state index in [0.717, 1.165) is 42.7 Å². The number of hydrogen-bond acceptors (Lipinski definition) is 7. The molecule has 8 heteroatoms. The van der Waals surface area contributed by atoms with Crippen LogP contribution >= 0.6 is 11.8 Å². The van der Waals surface area contributed by atoms with Crippen LogP contribution in [0.4, 0.5) is 0 Å². The fourth-order valence-corrected chi connectivity index (χ4v) is 3.71. The first-order valence-corrected chi connectivity index (χ1v) is 9.83. The second kappa shape index (κ2) is 7.30. The highest BCUT2D eigenvalue weighted by atomic mass is 32.2. The smallest absolute Gasteiger partial charge is 0.279 e. The van der Waals surface area contributed by atoms with E-state index in [0.29, 0.717) is 18.1 Å². The fraction of sp³-hybridized carbons (Fsp3) is 0.444. The predicted molar refractivity (Wildman–Crippen MR) is 102 cm³/mol. The maximum Gasteiger partial charge on any atom is 0.279 e. The summed E-state index contributed by atoms with van der Waals surface area (Å²) in [4.78, 5) is 23.8. The maximum absolute atomic E-state index is 12.9. The maximum atomic E-state index is 12.9. The van der Waals surface area contributed by atoms with E-state index in [4.69, 9.17) is 9.47 Å². The number of nitrogens with zero attached hydrogens (tertiary/aromatic N) is 4. The van der Waals surface area contributed by atoms with Gasteiger partial charge in [-0.1, -0.05) is 17.8 Å². The first-order chi connectivity index (χ1) is 12.6. The van der Waals surface area contributed by atoms with E-state index in [1.807, 2.05) is 30.5 Å². The number of thioether (sulfide) groups is 1. The molecule has 0 radical (unpaired) electrons. The van der Waals surface area contributed by atoms with E-state index in [9.17, 15) is 4.79 Å². The van der Waals surface area contributed by atoms with Crippen molar-refractivity contribution in [3.63, 3.8) is 0 Å². The number of amides is 1. The quantitative estimate of drug-likeness (QED) is 0.748. The van der Waals surface area contributed by atoms with Crippen molar-refractivity contribution in [1.29, 1.82) is 0 Å². The molecule has 0 N–H and O–H groups in total. The normalized spacial score (nSPS) is 22.4. The summed E-state index contributed by atoms with van der Waals surface area (Å²) in [6.45, 7) is 4.79. The molecule has 3 heterocycles. The average Bonchev–Trinajstić information content (AvgIpc) is 3.22. The Hall–Kier alpha value is -2.03. The summed E-state index contributed by atoms with van der Waals surface area (Å²) in [5.41, 5.74) is 1.34. The minimum Gasteiger partial charge on any atom is -0.454 e. The van der Waals surface area contributed by atoms with Crippen LogP contribution in [0.15, 0.2) is 28.9 Å². The Labute approximate surface area is 157 Å². The van der Waals surface area contributed by atoms with Crippen molar-refractivity contribution in [3.8, 4) is 11.5 Å². The molecule has 0 bridgehead atoms. The lowest BCUT2D eigenvalue weighted by atomic mass is 10.1. The first-order valence-electron chi connectivity index (χ1n) is 8.61. The molecule has 1 aromatic carbocycles. The van der Waals surface area contributed by atoms with Crippen molar-refractivity contribution in [1.82, 2.24) is 14.7 Å². The molecular weight excluding hydrogens is 352 g/mol. The van der Waals surface area contributed by atoms with Crippen molar-refractivity contribution in [2.45, 2.75) is 0 Å². The van der Waals surface area contributed by atoms with E-state index in [-0.39, 0.29) is 12.7 Å². The van der Waals surface area contributed by atoms with Crippen LogP contribution < -0.4 is 9.47 Å². The summed E-state index contributed by atoms with van der Waals surface area (Å²) >= 11 is 1.50. The minimum atomic E-state index is -0.0501. The third-order valence-electron chi connectivity index (χ3n) is 4.73. The zero-order valence-corrected chi connectivity index (χ0v) is 15.8. The van der Waals surface area contributed by atoms with Gasteiger partial charge in [-0.3, -0.25) is 14.6 Å². The first kappa shape index (κ1) is 17.4. The second-order valence-corrected chi connectivity index (χ2v) is 7.31. The van der Waals surface area contributed by atoms with Gasteiger partial charge in [0.2, 0.25) is 6.79 Å². The lowest BCUT2D eigenvalue weighted by Gasteiger charge is -2.34. The molecule has 26 heavy (non-hydrogen) atoms. The largest absolute Gasteiger partial charge is 0.454 e. The van der Waals surface area contributed by atoms with E-state index in [2.05, 4.69) is 21.8 Å². The summed E-state index contributed by atoms with van der Waals surface area (Å²) in [6, 6.07) is 5.64. The molecular formula is C18H22N4O3S. The van der Waals surface area contributed by atoms with Gasteiger partial charge in [-0.25, -0.2) is 4.99 Å². The number of ether oxygens (including phenoxy) is 2. The molecule has 1 amide bonds. The number of benzene rings is 1. The van der Waals surface area contributed by atoms with Gasteiger partial charge in [0.05, 0.1) is 6.67 Å². The van der Waals surface area contributed by atoms with Crippen molar-refractivity contribution < 1.29 is 14.3 Å². The van der Waals surface area contributed by atoms with Gasteiger partial charge in [0, 0.05) is 26.2 Å². The fourth-order valence-electron chi connectivity index (χ4n) is 3.16. The number of fused-ring (bicyclic) bond motifs is 1. The number of amidine groups is 1. The van der Waals surface area contributed by atoms with Crippen molar-refractivity contribution in [2.75, 3.05) is 52.9 Å². The summed E-state index contributed by atoms with van der Waals surface area (Å²) in [5, 5.41) is 0.751. The Morgan fingerprint density at radius 3 is 2.73 bits per heavy atom. The van der Waals surface area contributed by atoms with E-state index in [1.165, 1.54) is 11.8 Å². The molecule has 0 aromatic heterocycles. The number of aliphatic imine (C=N–C) groups is 1. The second-order valence-electron chi connectivity index (χ2n) is 6.54. The van der Waals surface area contributed by atoms with E-state index < -0.39 is 0 Å². The summed E-state index contributed by atoms with van der Waals surface area (Å²) in [7, 11) is 2.12.